The zero-order valence-electron chi connectivity index (χ0n) is 8.32. The number of anilines is 1. The maximum atomic E-state index is 12.1. The number of hydrogen-bond acceptors (Lipinski definition) is 3. The molecule has 5 nitrogen and oxygen atoms in total. The van der Waals surface area contributed by atoms with Gasteiger partial charge in [0.05, 0.1) is 16.3 Å². The number of para-hydroxylation sites is 1. The molecule has 0 bridgehead atoms. The minimum Gasteiger partial charge on any atom is -0.478 e. The summed E-state index contributed by atoms with van der Waals surface area (Å²) in [5, 5.41) is 8.26. The van der Waals surface area contributed by atoms with Crippen molar-refractivity contribution in [2.75, 3.05) is 4.72 Å². The van der Waals surface area contributed by atoms with Gasteiger partial charge in [-0.05, 0) is 12.1 Å². The second kappa shape index (κ2) is 4.65. The molecule has 0 unspecified atom stereocenters. The van der Waals surface area contributed by atoms with Gasteiger partial charge in [0, 0.05) is 0 Å². The lowest BCUT2D eigenvalue weighted by Crippen LogP contribution is -2.30. The Morgan fingerprint density at radius 2 is 1.89 bits per heavy atom. The number of rotatable bonds is 3. The van der Waals surface area contributed by atoms with E-state index in [1.54, 1.807) is 0 Å². The first kappa shape index (κ1) is 14.6. The predicted octanol–water partition coefficient (Wildman–Crippen LogP) is 2.30. The minimum absolute atomic E-state index is 0.456. The molecule has 0 spiro atoms. The molecule has 0 heterocycles. The van der Waals surface area contributed by atoms with E-state index in [1.807, 2.05) is 0 Å². The molecule has 0 aliphatic heterocycles. The van der Waals surface area contributed by atoms with Crippen molar-refractivity contribution in [3.63, 3.8) is 0 Å². The highest BCUT2D eigenvalue weighted by Gasteiger charge is 2.46. The lowest BCUT2D eigenvalue weighted by molar-refractivity contribution is -0.0429. The van der Waals surface area contributed by atoms with Gasteiger partial charge >= 0.3 is 21.5 Å². The smallest absolute Gasteiger partial charge is 0.478 e. The molecular formula is C8H5ClF3NO4S. The van der Waals surface area contributed by atoms with Crippen LogP contribution in [0.3, 0.4) is 0 Å². The summed E-state index contributed by atoms with van der Waals surface area (Å²) in [5.41, 5.74) is -7.08. The van der Waals surface area contributed by atoms with Crippen LogP contribution >= 0.6 is 11.6 Å². The summed E-state index contributed by atoms with van der Waals surface area (Å²) in [6, 6.07) is 3.14. The normalized spacial score (nSPS) is 12.2. The Balaban J connectivity index is 3.33. The molecule has 100 valence electrons. The van der Waals surface area contributed by atoms with Gasteiger partial charge in [-0.25, -0.2) is 4.79 Å². The first-order valence-electron chi connectivity index (χ1n) is 4.17. The van der Waals surface area contributed by atoms with Crippen molar-refractivity contribution in [3.05, 3.63) is 28.8 Å². The van der Waals surface area contributed by atoms with Gasteiger partial charge in [-0.2, -0.15) is 21.6 Å². The monoisotopic (exact) mass is 303 g/mol. The van der Waals surface area contributed by atoms with Crippen LogP contribution in [-0.4, -0.2) is 25.0 Å². The molecule has 1 aromatic carbocycles. The van der Waals surface area contributed by atoms with Gasteiger partial charge in [0.15, 0.2) is 0 Å². The third-order valence-corrected chi connectivity index (χ3v) is 3.18. The Kier molecular flexibility index (Phi) is 3.77. The van der Waals surface area contributed by atoms with E-state index in [0.717, 1.165) is 22.9 Å². The lowest BCUT2D eigenvalue weighted by atomic mass is 10.2. The fraction of sp³-hybridized carbons (Fsp3) is 0.125. The third-order valence-electron chi connectivity index (χ3n) is 1.79. The standard InChI is InChI=1S/C8H5ClF3NO4S/c9-5-3-1-2-4(7(14)15)6(5)13-18(16,17)8(10,11)12/h1-3,13H,(H,14,15). The van der Waals surface area contributed by atoms with E-state index in [9.17, 15) is 26.4 Å². The number of benzene rings is 1. The highest BCUT2D eigenvalue weighted by molar-refractivity contribution is 7.93. The highest BCUT2D eigenvalue weighted by atomic mass is 35.5. The van der Waals surface area contributed by atoms with E-state index >= 15 is 0 Å². The molecule has 0 fully saturated rings. The SMILES string of the molecule is O=C(O)c1cccc(Cl)c1NS(=O)(=O)C(F)(F)F. The first-order valence-corrected chi connectivity index (χ1v) is 6.03. The second-order valence-corrected chi connectivity index (χ2v) is 5.10. The molecule has 0 saturated carbocycles. The van der Waals surface area contributed by atoms with Crippen molar-refractivity contribution in [3.8, 4) is 0 Å². The van der Waals surface area contributed by atoms with Gasteiger partial charge in [0.2, 0.25) is 0 Å². The van der Waals surface area contributed by atoms with E-state index < -0.39 is 37.8 Å². The van der Waals surface area contributed by atoms with Gasteiger partial charge in [-0.15, -0.1) is 0 Å². The summed E-state index contributed by atoms with van der Waals surface area (Å²) in [6.07, 6.45) is 0. The van der Waals surface area contributed by atoms with Crippen LogP contribution in [0.25, 0.3) is 0 Å². The Bertz CT molecular complexity index is 584. The number of carboxylic acids is 1. The fourth-order valence-electron chi connectivity index (χ4n) is 0.998. The number of nitrogens with one attached hydrogen (secondary N) is 1. The summed E-state index contributed by atoms with van der Waals surface area (Å²) in [6.45, 7) is 0. The van der Waals surface area contributed by atoms with Crippen LogP contribution in [0.5, 0.6) is 0 Å². The average Bonchev–Trinajstić information content (AvgIpc) is 2.18. The molecule has 18 heavy (non-hydrogen) atoms. The van der Waals surface area contributed by atoms with Crippen LogP contribution in [-0.2, 0) is 10.0 Å². The number of carbonyl (C=O) groups is 1. The quantitative estimate of drug-likeness (QED) is 0.897. The van der Waals surface area contributed by atoms with Gasteiger partial charge in [0.1, 0.15) is 0 Å². The molecule has 1 rings (SSSR count). The Morgan fingerprint density at radius 3 is 2.33 bits per heavy atom. The van der Waals surface area contributed by atoms with Crippen LogP contribution in [0.15, 0.2) is 18.2 Å². The largest absolute Gasteiger partial charge is 0.516 e. The number of carboxylic acid groups (broad SMARTS) is 1. The van der Waals surface area contributed by atoms with Crippen molar-refractivity contribution >= 4 is 33.3 Å². The van der Waals surface area contributed by atoms with Crippen molar-refractivity contribution in [2.45, 2.75) is 5.51 Å². The van der Waals surface area contributed by atoms with Gasteiger partial charge < -0.3 is 5.11 Å². The van der Waals surface area contributed by atoms with Crippen molar-refractivity contribution in [1.29, 1.82) is 0 Å². The molecule has 2 N–H and O–H groups in total. The molecule has 0 aliphatic rings. The molecule has 10 heteroatoms. The van der Waals surface area contributed by atoms with Crippen molar-refractivity contribution < 1.29 is 31.5 Å². The number of halogens is 4. The van der Waals surface area contributed by atoms with Crippen molar-refractivity contribution in [1.82, 2.24) is 0 Å². The zero-order chi connectivity index (χ0) is 14.1. The van der Waals surface area contributed by atoms with Gasteiger partial charge in [-0.3, -0.25) is 4.72 Å². The van der Waals surface area contributed by atoms with Crippen LogP contribution in [0, 0.1) is 0 Å². The van der Waals surface area contributed by atoms with Crippen LogP contribution in [0.2, 0.25) is 5.02 Å². The van der Waals surface area contributed by atoms with E-state index in [0.29, 0.717) is 0 Å². The second-order valence-electron chi connectivity index (χ2n) is 3.02. The topological polar surface area (TPSA) is 83.5 Å². The van der Waals surface area contributed by atoms with Crippen LogP contribution in [0.1, 0.15) is 10.4 Å². The molecule has 0 aliphatic carbocycles. The molecule has 0 saturated heterocycles. The summed E-state index contributed by atoms with van der Waals surface area (Å²) in [7, 11) is -5.73. The molecule has 0 amide bonds. The predicted molar refractivity (Wildman–Crippen MR) is 57.0 cm³/mol. The molecule has 0 radical (unpaired) electrons. The average molecular weight is 304 g/mol. The third kappa shape index (κ3) is 2.85. The van der Waals surface area contributed by atoms with E-state index in [1.165, 1.54) is 0 Å². The molecule has 0 atom stereocenters. The highest BCUT2D eigenvalue weighted by Crippen LogP contribution is 2.31. The molecule has 1 aromatic rings. The molecular weight excluding hydrogens is 299 g/mol. The zero-order valence-corrected chi connectivity index (χ0v) is 9.90. The lowest BCUT2D eigenvalue weighted by Gasteiger charge is -2.13. The summed E-state index contributed by atoms with van der Waals surface area (Å²) >= 11 is 5.47. The van der Waals surface area contributed by atoms with Gasteiger partial charge in [-0.1, -0.05) is 17.7 Å². The Morgan fingerprint density at radius 1 is 1.33 bits per heavy atom. The van der Waals surface area contributed by atoms with E-state index in [4.69, 9.17) is 16.7 Å². The maximum Gasteiger partial charge on any atom is 0.516 e. The summed E-state index contributed by atoms with van der Waals surface area (Å²) in [4.78, 5) is 10.7. The summed E-state index contributed by atoms with van der Waals surface area (Å²) < 4.78 is 59.3. The fourth-order valence-corrected chi connectivity index (χ4v) is 1.88. The van der Waals surface area contributed by atoms with Crippen LogP contribution in [0.4, 0.5) is 18.9 Å². The Hall–Kier alpha value is -1.48. The van der Waals surface area contributed by atoms with Crippen LogP contribution < -0.4 is 4.72 Å². The minimum atomic E-state index is -5.73. The number of hydrogen-bond donors (Lipinski definition) is 2. The van der Waals surface area contributed by atoms with E-state index in [2.05, 4.69) is 0 Å². The number of aromatic carboxylic acids is 1. The maximum absolute atomic E-state index is 12.1. The Labute approximate surface area is 104 Å². The summed E-state index contributed by atoms with van der Waals surface area (Å²) in [5.74, 6) is -1.61. The van der Waals surface area contributed by atoms with Crippen molar-refractivity contribution in [2.24, 2.45) is 0 Å². The van der Waals surface area contributed by atoms with E-state index in [-0.39, 0.29) is 0 Å². The number of alkyl halides is 3. The number of sulfonamides is 1. The molecule has 0 aromatic heterocycles. The first-order chi connectivity index (χ1) is 8.06. The van der Waals surface area contributed by atoms with Gasteiger partial charge in [0.25, 0.3) is 0 Å².